The van der Waals surface area contributed by atoms with Gasteiger partial charge in [0.05, 0.1) is 39.5 Å². The first kappa shape index (κ1) is 52.1. The second kappa shape index (κ2) is 23.6. The van der Waals surface area contributed by atoms with Crippen molar-refractivity contribution in [3.63, 3.8) is 0 Å². The monoisotopic (exact) mass is 1000 g/mol. The van der Waals surface area contributed by atoms with E-state index in [1.54, 1.807) is 9.80 Å². The van der Waals surface area contributed by atoms with E-state index < -0.39 is 36.4 Å². The van der Waals surface area contributed by atoms with E-state index in [0.717, 1.165) is 59.7 Å². The maximum atomic E-state index is 13.8. The van der Waals surface area contributed by atoms with Crippen LogP contribution in [0, 0.1) is 11.8 Å². The average molecular weight is 1000 g/mol. The highest BCUT2D eigenvalue weighted by molar-refractivity contribution is 5.99. The second-order valence-corrected chi connectivity index (χ2v) is 19.9. The predicted molar refractivity (Wildman–Crippen MR) is 278 cm³/mol. The minimum Gasteiger partial charge on any atom is -0.453 e. The molecule has 4 aromatic rings. The fourth-order valence-electron chi connectivity index (χ4n) is 10.6. The highest BCUT2D eigenvalue weighted by Crippen LogP contribution is 2.47. The van der Waals surface area contributed by atoms with E-state index in [2.05, 4.69) is 67.5 Å². The Morgan fingerprint density at radius 1 is 0.575 bits per heavy atom. The Labute approximate surface area is 427 Å². The van der Waals surface area contributed by atoms with Crippen LogP contribution in [0.2, 0.25) is 0 Å². The van der Waals surface area contributed by atoms with E-state index in [4.69, 9.17) is 19.2 Å². The Bertz CT molecular complexity index is 2450. The molecular weight excluding hydrogens is 931 g/mol. The lowest BCUT2D eigenvalue weighted by molar-refractivity contribution is -0.139. The summed E-state index contributed by atoms with van der Waals surface area (Å²) in [5.41, 5.74) is 6.45. The molecule has 0 unspecified atom stereocenters. The van der Waals surface area contributed by atoms with Crippen LogP contribution in [-0.2, 0) is 33.4 Å². The fraction of sp³-hybridized carbons (Fsp3) is 0.473. The maximum absolute atomic E-state index is 13.8. The number of alkyl carbamates (subject to hydrolysis) is 2. The van der Waals surface area contributed by atoms with Crippen molar-refractivity contribution in [2.24, 2.45) is 11.8 Å². The molecule has 8 rings (SSSR count). The minimum absolute atomic E-state index is 0.0260. The number of amides is 6. The first-order valence-electron chi connectivity index (χ1n) is 25.5. The highest BCUT2D eigenvalue weighted by atomic mass is 16.5. The third-order valence-corrected chi connectivity index (χ3v) is 14.6. The number of nitrogens with zero attached hydrogens (tertiary/aromatic N) is 5. The Morgan fingerprint density at radius 3 is 1.44 bits per heavy atom. The summed E-state index contributed by atoms with van der Waals surface area (Å²) in [6, 6.07) is 25.5. The van der Waals surface area contributed by atoms with Crippen molar-refractivity contribution in [3.05, 3.63) is 102 Å². The van der Waals surface area contributed by atoms with E-state index in [-0.39, 0.29) is 47.5 Å². The average Bonchev–Trinajstić information content (AvgIpc) is 4.21. The molecule has 4 fully saturated rings. The maximum Gasteiger partial charge on any atom is 0.407 e. The number of likely N-dealkylation sites (tertiary alicyclic amines) is 2. The summed E-state index contributed by atoms with van der Waals surface area (Å²) in [5, 5.41) is 11.4. The molecule has 4 saturated heterocycles. The van der Waals surface area contributed by atoms with Gasteiger partial charge in [-0.25, -0.2) is 14.6 Å². The van der Waals surface area contributed by atoms with Crippen molar-refractivity contribution in [1.82, 2.24) is 25.4 Å². The van der Waals surface area contributed by atoms with Gasteiger partial charge < -0.3 is 55.1 Å². The molecule has 18 nitrogen and oxygen atoms in total. The number of ether oxygens (including phenoxy) is 3. The van der Waals surface area contributed by atoms with Crippen LogP contribution in [0.15, 0.2) is 91.1 Å². The van der Waals surface area contributed by atoms with Gasteiger partial charge in [-0.05, 0) is 116 Å². The number of hydrogen-bond acceptors (Lipinski definition) is 12. The summed E-state index contributed by atoms with van der Waals surface area (Å²) < 4.78 is 15.0. The summed E-state index contributed by atoms with van der Waals surface area (Å²) in [5.74, 6) is -0.685. The summed E-state index contributed by atoms with van der Waals surface area (Å²) in [6.07, 6.45) is 4.56. The molecule has 6 amide bonds. The van der Waals surface area contributed by atoms with Crippen LogP contribution in [0.5, 0.6) is 0 Å². The van der Waals surface area contributed by atoms with E-state index in [0.29, 0.717) is 63.4 Å². The van der Waals surface area contributed by atoms with Crippen LogP contribution in [-0.4, -0.2) is 128 Å². The van der Waals surface area contributed by atoms with E-state index in [9.17, 15) is 28.8 Å². The number of morpholine rings is 1. The van der Waals surface area contributed by atoms with Crippen molar-refractivity contribution in [1.29, 1.82) is 0 Å². The number of carbonyl (C=O) groups is 6. The molecule has 73 heavy (non-hydrogen) atoms. The molecule has 0 aliphatic carbocycles. The number of hydrogen-bond donors (Lipinski definition) is 4. The van der Waals surface area contributed by atoms with Gasteiger partial charge in [-0.15, -0.1) is 0 Å². The molecule has 388 valence electrons. The molecule has 18 heteroatoms. The topological polar surface area (TPSA) is 204 Å². The van der Waals surface area contributed by atoms with Crippen molar-refractivity contribution in [2.75, 3.05) is 74.0 Å². The van der Waals surface area contributed by atoms with Crippen LogP contribution in [0.1, 0.15) is 89.4 Å². The van der Waals surface area contributed by atoms with Gasteiger partial charge in [-0.2, -0.15) is 0 Å². The third-order valence-electron chi connectivity index (χ3n) is 14.6. The number of methoxy groups -OCH3 is 2. The molecule has 4 aliphatic heterocycles. The molecule has 0 radical (unpaired) electrons. The van der Waals surface area contributed by atoms with Gasteiger partial charge in [-0.1, -0.05) is 64.1 Å². The number of carbonyl (C=O) groups excluding carboxylic acids is 6. The molecule has 5 heterocycles. The normalized spacial score (nSPS) is 20.7. The van der Waals surface area contributed by atoms with Crippen molar-refractivity contribution in [2.45, 2.75) is 102 Å². The largest absolute Gasteiger partial charge is 0.453 e. The third kappa shape index (κ3) is 12.0. The van der Waals surface area contributed by atoms with Crippen molar-refractivity contribution in [3.8, 4) is 11.1 Å². The standard InChI is InChI=1S/C55H69N9O9/c1-34(2)48(59-54(69)71-5)52(67)62-27-7-9-45(62)50(65)57-40-18-11-37(12-19-40)43-24-25-44(64(43)42-22-15-36(16-23-42)39-17-26-47(56-33-39)61-29-31-73-32-30-61)38-13-20-41(21-14-38)58-51(66)46-10-8-28-63(46)53(68)49(35(3)4)60-55(70)72-6/h11-23,26,33-35,43-46,48-49H,7-10,24-25,27-32H2,1-6H3,(H,57,65)(H,58,66)(H,59,69)(H,60,70)/t43-,44-,45-,46-,48-,49-/m0/s1. The zero-order valence-electron chi connectivity index (χ0n) is 42.7. The van der Waals surface area contributed by atoms with E-state index in [1.807, 2.05) is 82.4 Å². The Balaban J connectivity index is 0.996. The Morgan fingerprint density at radius 2 is 1.03 bits per heavy atom. The van der Waals surface area contributed by atoms with Gasteiger partial charge >= 0.3 is 12.2 Å². The smallest absolute Gasteiger partial charge is 0.407 e. The summed E-state index contributed by atoms with van der Waals surface area (Å²) in [6.45, 7) is 11.2. The number of benzene rings is 3. The van der Waals surface area contributed by atoms with Gasteiger partial charge in [-0.3, -0.25) is 19.2 Å². The SMILES string of the molecule is COC(=O)N[C@H](C(=O)N1CCC[C@H]1C(=O)Nc1ccc([C@@H]2CC[C@@H](c3ccc(NC(=O)[C@@H]4CCCN4C(=O)[C@@H](NC(=O)OC)C(C)C)cc3)N2c2ccc(-c3ccc(N4CCOCC4)nc3)cc2)cc1)C(C)C. The molecular formula is C55H69N9O9. The summed E-state index contributed by atoms with van der Waals surface area (Å²) >= 11 is 0. The first-order valence-corrected chi connectivity index (χ1v) is 25.5. The number of rotatable bonds is 15. The van der Waals surface area contributed by atoms with Crippen molar-refractivity contribution >= 4 is 58.7 Å². The van der Waals surface area contributed by atoms with Crippen LogP contribution in [0.4, 0.5) is 32.5 Å². The predicted octanol–water partition coefficient (Wildman–Crippen LogP) is 7.29. The van der Waals surface area contributed by atoms with Crippen LogP contribution < -0.4 is 31.1 Å². The number of anilines is 4. The Hall–Kier alpha value is -7.21. The van der Waals surface area contributed by atoms with E-state index >= 15 is 0 Å². The minimum atomic E-state index is -0.827. The summed E-state index contributed by atoms with van der Waals surface area (Å²) in [4.78, 5) is 91.6. The Kier molecular flexibility index (Phi) is 16.8. The van der Waals surface area contributed by atoms with Crippen LogP contribution in [0.25, 0.3) is 11.1 Å². The molecule has 6 atom stereocenters. The second-order valence-electron chi connectivity index (χ2n) is 19.9. The molecule has 4 N–H and O–H groups in total. The molecule has 0 saturated carbocycles. The van der Waals surface area contributed by atoms with Gasteiger partial charge in [0.15, 0.2) is 0 Å². The zero-order valence-corrected chi connectivity index (χ0v) is 42.7. The fourth-order valence-corrected chi connectivity index (χ4v) is 10.6. The molecule has 3 aromatic carbocycles. The number of pyridine rings is 1. The summed E-state index contributed by atoms with van der Waals surface area (Å²) in [7, 11) is 2.50. The lowest BCUT2D eigenvalue weighted by Gasteiger charge is -2.34. The van der Waals surface area contributed by atoms with Gasteiger partial charge in [0.2, 0.25) is 23.6 Å². The van der Waals surface area contributed by atoms with Crippen molar-refractivity contribution < 1.29 is 43.0 Å². The van der Waals surface area contributed by atoms with Gasteiger partial charge in [0, 0.05) is 55.0 Å². The lowest BCUT2D eigenvalue weighted by Crippen LogP contribution is -2.54. The van der Waals surface area contributed by atoms with Gasteiger partial charge in [0.1, 0.15) is 30.0 Å². The quantitative estimate of drug-likeness (QED) is 0.0928. The van der Waals surface area contributed by atoms with Crippen LogP contribution >= 0.6 is 0 Å². The highest BCUT2D eigenvalue weighted by Gasteiger charge is 2.41. The molecule has 4 aliphatic rings. The molecule has 0 bridgehead atoms. The molecule has 0 spiro atoms. The zero-order chi connectivity index (χ0) is 51.8. The first-order chi connectivity index (χ1) is 35.2. The van der Waals surface area contributed by atoms with Crippen LogP contribution in [0.3, 0.4) is 0 Å². The lowest BCUT2D eigenvalue weighted by atomic mass is 10.0. The van der Waals surface area contributed by atoms with E-state index in [1.165, 1.54) is 14.2 Å². The number of aromatic nitrogens is 1. The number of nitrogens with one attached hydrogen (secondary N) is 4. The van der Waals surface area contributed by atoms with Gasteiger partial charge in [0.25, 0.3) is 0 Å². The molecule has 1 aromatic heterocycles.